The molecule has 0 N–H and O–H groups in total. The molecule has 0 saturated carbocycles. The molecule has 1 atom stereocenters. The summed E-state index contributed by atoms with van der Waals surface area (Å²) in [5.74, 6) is -0.455. The van der Waals surface area contributed by atoms with Gasteiger partial charge in [0.05, 0.1) is 6.07 Å². The molecular weight excluding hydrogens is 275 g/mol. The van der Waals surface area contributed by atoms with Crippen molar-refractivity contribution < 1.29 is 4.39 Å². The molecule has 0 aliphatic heterocycles. The summed E-state index contributed by atoms with van der Waals surface area (Å²) in [5.41, 5.74) is 1.29. The molecule has 0 radical (unpaired) electrons. The fourth-order valence-electron chi connectivity index (χ4n) is 2.12. The molecule has 0 saturated heterocycles. The highest BCUT2D eigenvalue weighted by Gasteiger charge is 2.22. The van der Waals surface area contributed by atoms with Gasteiger partial charge in [0.25, 0.3) is 0 Å². The molecule has 2 rings (SSSR count). The molecule has 2 nitrogen and oxygen atoms in total. The van der Waals surface area contributed by atoms with E-state index in [1.54, 1.807) is 18.0 Å². The van der Waals surface area contributed by atoms with E-state index in [9.17, 15) is 9.65 Å². The van der Waals surface area contributed by atoms with Gasteiger partial charge in [-0.05, 0) is 24.7 Å². The average molecular weight is 289 g/mol. The van der Waals surface area contributed by atoms with Crippen LogP contribution < -0.4 is 0 Å². The van der Waals surface area contributed by atoms with Gasteiger partial charge >= 0.3 is 0 Å². The number of nitrogens with zero attached hydrogens (tertiary/aromatic N) is 2. The summed E-state index contributed by atoms with van der Waals surface area (Å²) in [4.78, 5) is 1.78. The molecule has 2 aromatic carbocycles. The third-order valence-corrected chi connectivity index (χ3v) is 3.44. The lowest BCUT2D eigenvalue weighted by Crippen LogP contribution is -2.24. The second-order valence-corrected chi connectivity index (χ2v) is 4.97. The Kier molecular flexibility index (Phi) is 4.73. The molecule has 0 amide bonds. The van der Waals surface area contributed by atoms with Gasteiger partial charge in [-0.3, -0.25) is 4.90 Å². The fraction of sp³-hybridized carbons (Fsp3) is 0.188. The molecule has 20 heavy (non-hydrogen) atoms. The number of hydrogen-bond donors (Lipinski definition) is 0. The van der Waals surface area contributed by atoms with E-state index in [0.29, 0.717) is 6.54 Å². The van der Waals surface area contributed by atoms with E-state index >= 15 is 0 Å². The number of benzene rings is 2. The van der Waals surface area contributed by atoms with Gasteiger partial charge in [-0.25, -0.2) is 4.39 Å². The van der Waals surface area contributed by atoms with Gasteiger partial charge in [-0.15, -0.1) is 0 Å². The van der Waals surface area contributed by atoms with Gasteiger partial charge in [-0.2, -0.15) is 5.26 Å². The Morgan fingerprint density at radius 3 is 2.50 bits per heavy atom. The third-order valence-electron chi connectivity index (χ3n) is 3.11. The van der Waals surface area contributed by atoms with Gasteiger partial charge in [0, 0.05) is 17.1 Å². The molecule has 0 heterocycles. The first-order valence-electron chi connectivity index (χ1n) is 6.21. The summed E-state index contributed by atoms with van der Waals surface area (Å²) in [6.07, 6.45) is 0. The molecule has 4 heteroatoms. The molecule has 102 valence electrons. The summed E-state index contributed by atoms with van der Waals surface area (Å²) < 4.78 is 13.9. The van der Waals surface area contributed by atoms with E-state index < -0.39 is 11.9 Å². The van der Waals surface area contributed by atoms with Crippen molar-refractivity contribution in [2.45, 2.75) is 12.6 Å². The SMILES string of the molecule is CN(Cc1ccccc1)C(C#N)c1c(F)cccc1Cl. The zero-order valence-corrected chi connectivity index (χ0v) is 11.8. The Balaban J connectivity index is 2.27. The predicted molar refractivity (Wildman–Crippen MR) is 77.7 cm³/mol. The van der Waals surface area contributed by atoms with E-state index in [1.165, 1.54) is 12.1 Å². The van der Waals surface area contributed by atoms with Crippen molar-refractivity contribution in [2.75, 3.05) is 7.05 Å². The first-order chi connectivity index (χ1) is 9.63. The lowest BCUT2D eigenvalue weighted by molar-refractivity contribution is 0.278. The topological polar surface area (TPSA) is 27.0 Å². The lowest BCUT2D eigenvalue weighted by atomic mass is 10.1. The van der Waals surface area contributed by atoms with Gasteiger partial charge < -0.3 is 0 Å². The minimum absolute atomic E-state index is 0.232. The van der Waals surface area contributed by atoms with Gasteiger partial charge in [0.1, 0.15) is 11.9 Å². The second-order valence-electron chi connectivity index (χ2n) is 4.57. The van der Waals surface area contributed by atoms with Crippen LogP contribution in [0.3, 0.4) is 0 Å². The Labute approximate surface area is 123 Å². The minimum Gasteiger partial charge on any atom is -0.283 e. The van der Waals surface area contributed by atoms with Crippen LogP contribution in [-0.4, -0.2) is 11.9 Å². The Hall–Kier alpha value is -1.89. The maximum absolute atomic E-state index is 13.9. The highest BCUT2D eigenvalue weighted by molar-refractivity contribution is 6.31. The van der Waals surface area contributed by atoms with Gasteiger partial charge in [0.15, 0.2) is 0 Å². The van der Waals surface area contributed by atoms with Crippen LogP contribution in [0, 0.1) is 17.1 Å². The molecule has 0 aromatic heterocycles. The summed E-state index contributed by atoms with van der Waals surface area (Å²) in [6.45, 7) is 0.545. The normalized spacial score (nSPS) is 12.2. The first-order valence-corrected chi connectivity index (χ1v) is 6.59. The van der Waals surface area contributed by atoms with E-state index in [-0.39, 0.29) is 10.6 Å². The zero-order chi connectivity index (χ0) is 14.5. The Morgan fingerprint density at radius 1 is 1.20 bits per heavy atom. The monoisotopic (exact) mass is 288 g/mol. The molecule has 2 aromatic rings. The molecule has 1 unspecified atom stereocenters. The van der Waals surface area contributed by atoms with Crippen LogP contribution in [0.1, 0.15) is 17.2 Å². The number of halogens is 2. The Morgan fingerprint density at radius 2 is 1.90 bits per heavy atom. The van der Waals surface area contributed by atoms with Crippen molar-refractivity contribution in [3.8, 4) is 6.07 Å². The lowest BCUT2D eigenvalue weighted by Gasteiger charge is -2.24. The van der Waals surface area contributed by atoms with Crippen molar-refractivity contribution in [2.24, 2.45) is 0 Å². The highest BCUT2D eigenvalue weighted by atomic mass is 35.5. The Bertz CT molecular complexity index is 602. The van der Waals surface area contributed by atoms with E-state index in [2.05, 4.69) is 6.07 Å². The zero-order valence-electron chi connectivity index (χ0n) is 11.1. The third kappa shape index (κ3) is 3.16. The summed E-state index contributed by atoms with van der Waals surface area (Å²) in [5, 5.41) is 9.63. The fourth-order valence-corrected chi connectivity index (χ4v) is 2.38. The van der Waals surface area contributed by atoms with Crippen LogP contribution >= 0.6 is 11.6 Å². The first kappa shape index (κ1) is 14.5. The van der Waals surface area contributed by atoms with Crippen molar-refractivity contribution >= 4 is 11.6 Å². The van der Waals surface area contributed by atoms with Crippen LogP contribution in [0.5, 0.6) is 0 Å². The second kappa shape index (κ2) is 6.51. The number of nitriles is 1. The standard InChI is InChI=1S/C16H14ClFN2/c1-20(11-12-6-3-2-4-7-12)15(10-19)16-13(17)8-5-9-14(16)18/h2-9,15H,11H2,1H3. The molecule has 0 fully saturated rings. The van der Waals surface area contributed by atoms with E-state index in [4.69, 9.17) is 11.6 Å². The smallest absolute Gasteiger partial charge is 0.130 e. The van der Waals surface area contributed by atoms with Crippen LogP contribution in [0.4, 0.5) is 4.39 Å². The van der Waals surface area contributed by atoms with E-state index in [1.807, 2.05) is 30.3 Å². The van der Waals surface area contributed by atoms with Crippen LogP contribution in [0.15, 0.2) is 48.5 Å². The quantitative estimate of drug-likeness (QED) is 0.844. The van der Waals surface area contributed by atoms with Crippen molar-refractivity contribution in [3.05, 3.63) is 70.5 Å². The van der Waals surface area contributed by atoms with Crippen LogP contribution in [0.25, 0.3) is 0 Å². The summed E-state index contributed by atoms with van der Waals surface area (Å²) in [7, 11) is 1.78. The maximum Gasteiger partial charge on any atom is 0.130 e. The molecule has 0 aliphatic carbocycles. The molecule has 0 spiro atoms. The van der Waals surface area contributed by atoms with Crippen LogP contribution in [-0.2, 0) is 6.54 Å². The van der Waals surface area contributed by atoms with Gasteiger partial charge in [-0.1, -0.05) is 48.0 Å². The summed E-state index contributed by atoms with van der Waals surface area (Å²) >= 11 is 6.03. The van der Waals surface area contributed by atoms with E-state index in [0.717, 1.165) is 5.56 Å². The van der Waals surface area contributed by atoms with Crippen molar-refractivity contribution in [1.29, 1.82) is 5.26 Å². The van der Waals surface area contributed by atoms with Crippen molar-refractivity contribution in [3.63, 3.8) is 0 Å². The predicted octanol–water partition coefficient (Wildman–Crippen LogP) is 4.18. The summed E-state index contributed by atoms with van der Waals surface area (Å²) in [6, 6.07) is 15.6. The molecular formula is C16H14ClFN2. The van der Waals surface area contributed by atoms with Crippen molar-refractivity contribution in [1.82, 2.24) is 4.90 Å². The maximum atomic E-state index is 13.9. The minimum atomic E-state index is -0.719. The average Bonchev–Trinajstić information content (AvgIpc) is 2.44. The highest BCUT2D eigenvalue weighted by Crippen LogP contribution is 2.29. The molecule has 0 aliphatic rings. The number of hydrogen-bond acceptors (Lipinski definition) is 2. The largest absolute Gasteiger partial charge is 0.283 e. The number of rotatable bonds is 4. The van der Waals surface area contributed by atoms with Gasteiger partial charge in [0.2, 0.25) is 0 Å². The molecule has 0 bridgehead atoms. The van der Waals surface area contributed by atoms with Crippen LogP contribution in [0.2, 0.25) is 5.02 Å².